The highest BCUT2D eigenvalue weighted by Gasteiger charge is 2.20. The first-order valence-electron chi connectivity index (χ1n) is 5.19. The number of hydrogen-bond donors (Lipinski definition) is 1. The fraction of sp³-hybridized carbons (Fsp3) is 0.600. The van der Waals surface area contributed by atoms with Gasteiger partial charge in [0.15, 0.2) is 0 Å². The van der Waals surface area contributed by atoms with Gasteiger partial charge in [-0.05, 0) is 19.9 Å². The summed E-state index contributed by atoms with van der Waals surface area (Å²) in [4.78, 5) is 18.9. The molecule has 1 fully saturated rings. The molecule has 0 saturated carbocycles. The quantitative estimate of drug-likeness (QED) is 0.859. The monoisotopic (exact) mass is 297 g/mol. The van der Waals surface area contributed by atoms with Gasteiger partial charge in [-0.2, -0.15) is 0 Å². The van der Waals surface area contributed by atoms with Crippen LogP contribution in [0.3, 0.4) is 0 Å². The molecule has 0 unspecified atom stereocenters. The van der Waals surface area contributed by atoms with Crippen molar-refractivity contribution in [1.29, 1.82) is 0 Å². The Hall–Kier alpha value is -0.360. The van der Waals surface area contributed by atoms with E-state index in [2.05, 4.69) is 10.3 Å². The minimum absolute atomic E-state index is 0. The lowest BCUT2D eigenvalue weighted by Crippen LogP contribution is -2.34. The Morgan fingerprint density at radius 3 is 2.82 bits per heavy atom. The second-order valence-electron chi connectivity index (χ2n) is 3.66. The van der Waals surface area contributed by atoms with Crippen LogP contribution in [0.25, 0.3) is 0 Å². The number of thiazole rings is 1. The van der Waals surface area contributed by atoms with Crippen molar-refractivity contribution in [3.8, 4) is 0 Å². The van der Waals surface area contributed by atoms with Crippen LogP contribution in [0.15, 0.2) is 5.51 Å². The van der Waals surface area contributed by atoms with Crippen LogP contribution < -0.4 is 5.32 Å². The molecule has 1 N–H and O–H groups in total. The van der Waals surface area contributed by atoms with E-state index < -0.39 is 0 Å². The molecule has 1 saturated heterocycles. The Morgan fingerprint density at radius 1 is 1.41 bits per heavy atom. The summed E-state index contributed by atoms with van der Waals surface area (Å²) in [5.74, 6) is 0.138. The topological polar surface area (TPSA) is 45.2 Å². The molecular formula is C10H17Cl2N3OS. The number of hydrogen-bond acceptors (Lipinski definition) is 4. The van der Waals surface area contributed by atoms with Gasteiger partial charge in [0.25, 0.3) is 5.91 Å². The molecule has 1 aromatic rings. The first-order valence-corrected chi connectivity index (χ1v) is 6.07. The van der Waals surface area contributed by atoms with Gasteiger partial charge < -0.3 is 10.2 Å². The van der Waals surface area contributed by atoms with Crippen molar-refractivity contribution < 1.29 is 4.79 Å². The highest BCUT2D eigenvalue weighted by Crippen LogP contribution is 2.15. The Kier molecular flexibility index (Phi) is 7.70. The van der Waals surface area contributed by atoms with E-state index in [1.54, 1.807) is 5.51 Å². The highest BCUT2D eigenvalue weighted by atomic mass is 35.5. The van der Waals surface area contributed by atoms with Crippen LogP contribution in [0.2, 0.25) is 0 Å². The minimum Gasteiger partial charge on any atom is -0.337 e. The number of aryl methyl sites for hydroxylation is 1. The number of aromatic nitrogens is 1. The smallest absolute Gasteiger partial charge is 0.265 e. The van der Waals surface area contributed by atoms with Crippen molar-refractivity contribution in [2.45, 2.75) is 13.3 Å². The summed E-state index contributed by atoms with van der Waals surface area (Å²) in [7, 11) is 0. The predicted octanol–water partition coefficient (Wildman–Crippen LogP) is 1.73. The number of nitrogens with one attached hydrogen (secondary N) is 1. The first kappa shape index (κ1) is 16.6. The summed E-state index contributed by atoms with van der Waals surface area (Å²) in [5, 5.41) is 3.29. The minimum atomic E-state index is 0. The molecule has 1 aliphatic heterocycles. The van der Waals surface area contributed by atoms with Crippen LogP contribution in [0.1, 0.15) is 21.8 Å². The molecule has 4 nitrogen and oxygen atoms in total. The standard InChI is InChI=1S/C10H15N3OS.2ClH/c1-8-9(15-7-12-8)10(14)13-5-2-3-11-4-6-13;;/h7,11H,2-6H2,1H3;2*1H. The van der Waals surface area contributed by atoms with E-state index in [9.17, 15) is 4.79 Å². The van der Waals surface area contributed by atoms with E-state index >= 15 is 0 Å². The van der Waals surface area contributed by atoms with Gasteiger partial charge in [-0.15, -0.1) is 36.2 Å². The Bertz CT molecular complexity index is 351. The molecule has 98 valence electrons. The summed E-state index contributed by atoms with van der Waals surface area (Å²) >= 11 is 1.44. The molecule has 1 aromatic heterocycles. The van der Waals surface area contributed by atoms with Gasteiger partial charge in [0, 0.05) is 19.6 Å². The molecule has 1 amide bonds. The van der Waals surface area contributed by atoms with Crippen molar-refractivity contribution in [2.75, 3.05) is 26.2 Å². The second-order valence-corrected chi connectivity index (χ2v) is 4.52. The summed E-state index contributed by atoms with van der Waals surface area (Å²) < 4.78 is 0. The van der Waals surface area contributed by atoms with Crippen LogP contribution in [0, 0.1) is 6.92 Å². The van der Waals surface area contributed by atoms with Crippen molar-refractivity contribution >= 4 is 42.1 Å². The van der Waals surface area contributed by atoms with E-state index in [0.717, 1.165) is 43.2 Å². The van der Waals surface area contributed by atoms with Crippen molar-refractivity contribution in [2.24, 2.45) is 0 Å². The number of carbonyl (C=O) groups excluding carboxylic acids is 1. The molecule has 0 aliphatic carbocycles. The number of halogens is 2. The van der Waals surface area contributed by atoms with E-state index in [0.29, 0.717) is 0 Å². The van der Waals surface area contributed by atoms with Gasteiger partial charge >= 0.3 is 0 Å². The largest absolute Gasteiger partial charge is 0.337 e. The third kappa shape index (κ3) is 4.10. The first-order chi connectivity index (χ1) is 7.29. The predicted molar refractivity (Wildman–Crippen MR) is 74.7 cm³/mol. The summed E-state index contributed by atoms with van der Waals surface area (Å²) in [6.07, 6.45) is 1.03. The number of carbonyl (C=O) groups is 1. The third-order valence-corrected chi connectivity index (χ3v) is 3.48. The normalized spacial score (nSPS) is 15.5. The van der Waals surface area contributed by atoms with Crippen LogP contribution in [-0.4, -0.2) is 42.0 Å². The van der Waals surface area contributed by atoms with Crippen molar-refractivity contribution in [3.63, 3.8) is 0 Å². The van der Waals surface area contributed by atoms with E-state index in [1.807, 2.05) is 11.8 Å². The number of rotatable bonds is 1. The summed E-state index contributed by atoms with van der Waals surface area (Å²) in [5.41, 5.74) is 2.58. The molecule has 0 aromatic carbocycles. The molecule has 17 heavy (non-hydrogen) atoms. The zero-order valence-corrected chi connectivity index (χ0v) is 12.1. The van der Waals surface area contributed by atoms with Crippen molar-refractivity contribution in [3.05, 3.63) is 16.1 Å². The van der Waals surface area contributed by atoms with Gasteiger partial charge in [0.1, 0.15) is 4.88 Å². The molecular weight excluding hydrogens is 281 g/mol. The maximum Gasteiger partial charge on any atom is 0.265 e. The fourth-order valence-corrected chi connectivity index (χ4v) is 2.47. The van der Waals surface area contributed by atoms with Crippen LogP contribution in [0.4, 0.5) is 0 Å². The second kappa shape index (κ2) is 7.87. The Labute approximate surface area is 118 Å². The molecule has 1 aliphatic rings. The SMILES string of the molecule is Cc1ncsc1C(=O)N1CCCNCC1.Cl.Cl. The van der Waals surface area contributed by atoms with Gasteiger partial charge in [-0.25, -0.2) is 4.98 Å². The lowest BCUT2D eigenvalue weighted by Gasteiger charge is -2.19. The zero-order chi connectivity index (χ0) is 10.7. The third-order valence-electron chi connectivity index (χ3n) is 2.57. The Balaban J connectivity index is 0.00000128. The van der Waals surface area contributed by atoms with Gasteiger partial charge in [0.2, 0.25) is 0 Å². The molecule has 2 heterocycles. The average molecular weight is 298 g/mol. The zero-order valence-electron chi connectivity index (χ0n) is 9.64. The number of nitrogens with zero attached hydrogens (tertiary/aromatic N) is 2. The van der Waals surface area contributed by atoms with Crippen molar-refractivity contribution in [1.82, 2.24) is 15.2 Å². The highest BCUT2D eigenvalue weighted by molar-refractivity contribution is 7.11. The van der Waals surface area contributed by atoms with E-state index in [-0.39, 0.29) is 30.7 Å². The average Bonchev–Trinajstić information content (AvgIpc) is 2.53. The summed E-state index contributed by atoms with van der Waals surface area (Å²) in [6, 6.07) is 0. The molecule has 0 bridgehead atoms. The van der Waals surface area contributed by atoms with E-state index in [4.69, 9.17) is 0 Å². The molecule has 0 spiro atoms. The van der Waals surface area contributed by atoms with Gasteiger partial charge in [0.05, 0.1) is 11.2 Å². The lowest BCUT2D eigenvalue weighted by atomic mass is 10.3. The maximum atomic E-state index is 12.1. The van der Waals surface area contributed by atoms with Crippen LogP contribution in [0.5, 0.6) is 0 Å². The van der Waals surface area contributed by atoms with Crippen LogP contribution >= 0.6 is 36.2 Å². The maximum absolute atomic E-state index is 12.1. The fourth-order valence-electron chi connectivity index (χ4n) is 1.70. The Morgan fingerprint density at radius 2 is 2.18 bits per heavy atom. The summed E-state index contributed by atoms with van der Waals surface area (Å²) in [6.45, 7) is 5.44. The number of amides is 1. The van der Waals surface area contributed by atoms with Gasteiger partial charge in [-0.1, -0.05) is 0 Å². The molecule has 0 radical (unpaired) electrons. The molecule has 7 heteroatoms. The lowest BCUT2D eigenvalue weighted by molar-refractivity contribution is 0.0770. The molecule has 2 rings (SSSR count). The van der Waals surface area contributed by atoms with Crippen LogP contribution in [-0.2, 0) is 0 Å². The van der Waals surface area contributed by atoms with Gasteiger partial charge in [-0.3, -0.25) is 4.79 Å². The van der Waals surface area contributed by atoms with E-state index in [1.165, 1.54) is 11.3 Å². The molecule has 0 atom stereocenters.